The zero-order valence-corrected chi connectivity index (χ0v) is 29.0. The third-order valence-corrected chi connectivity index (χ3v) is 17.2. The summed E-state index contributed by atoms with van der Waals surface area (Å²) >= 11 is 0. The zero-order chi connectivity index (χ0) is 30.8. The van der Waals surface area contributed by atoms with Gasteiger partial charge in [-0.2, -0.15) is 0 Å². The fourth-order valence-electron chi connectivity index (χ4n) is 9.08. The maximum atomic E-state index is 13.1. The van der Waals surface area contributed by atoms with Crippen molar-refractivity contribution < 1.29 is 14.3 Å². The minimum atomic E-state index is -2.00. The van der Waals surface area contributed by atoms with Crippen molar-refractivity contribution in [1.82, 2.24) is 0 Å². The van der Waals surface area contributed by atoms with Gasteiger partial charge in [0.05, 0.1) is 6.26 Å². The Morgan fingerprint density at radius 1 is 1.12 bits per heavy atom. The Kier molecular flexibility index (Phi) is 11.0. The van der Waals surface area contributed by atoms with E-state index >= 15 is 0 Å². The molecule has 1 N–H and O–H groups in total. The lowest BCUT2D eigenvalue weighted by molar-refractivity contribution is -0.126. The summed E-state index contributed by atoms with van der Waals surface area (Å²) in [6.07, 6.45) is 10.7. The molecule has 3 fully saturated rings. The molecule has 3 rings (SSSR count). The Bertz CT molecular complexity index is 998. The van der Waals surface area contributed by atoms with Crippen molar-refractivity contribution in [2.45, 2.75) is 131 Å². The van der Waals surface area contributed by atoms with E-state index < -0.39 is 8.32 Å². The topological polar surface area (TPSA) is 95.3 Å². The lowest BCUT2D eigenvalue weighted by Gasteiger charge is -2.57. The molecule has 0 saturated heterocycles. The Hall–Kier alpha value is -1.30. The lowest BCUT2D eigenvalue weighted by atomic mass is 9.48. The minimum absolute atomic E-state index is 0.0530. The average Bonchev–Trinajstić information content (AvgIpc) is 3.23. The van der Waals surface area contributed by atoms with Crippen molar-refractivity contribution in [3.63, 3.8) is 0 Å². The number of ketones is 1. The van der Waals surface area contributed by atoms with Gasteiger partial charge in [-0.15, -0.1) is 0 Å². The van der Waals surface area contributed by atoms with Crippen molar-refractivity contribution in [1.29, 1.82) is 0 Å². The monoisotopic (exact) mass is 587 g/mol. The standard InChI is InChI=1S/C34H61N3O3Si/c1-23(2)12-11-13-24(3)28-14-15-29-27(20-36-37-35)30(16-17-33(28,29)7)34(8)19-25(21-38)31(39)18-26(34)22-40-41(9,10)32(4,5)6/h21,23-24,26-30,38H,11-20,22H2,1-10H3/b25-21+/t24-,26-,27+,28-,29+,30+,33-,34+/m1/s1. The molecular weight excluding hydrogens is 526 g/mol. The molecule has 0 aliphatic heterocycles. The van der Waals surface area contributed by atoms with Gasteiger partial charge in [0.2, 0.25) is 0 Å². The second-order valence-corrected chi connectivity index (χ2v) is 21.4. The molecule has 0 aromatic carbocycles. The first-order chi connectivity index (χ1) is 19.0. The Morgan fingerprint density at radius 3 is 2.37 bits per heavy atom. The van der Waals surface area contributed by atoms with Crippen molar-refractivity contribution in [3.05, 3.63) is 22.3 Å². The molecule has 0 heterocycles. The summed E-state index contributed by atoms with van der Waals surface area (Å²) in [7, 11) is -2.00. The van der Waals surface area contributed by atoms with E-state index in [0.717, 1.165) is 18.6 Å². The van der Waals surface area contributed by atoms with Crippen LogP contribution in [0.2, 0.25) is 18.1 Å². The van der Waals surface area contributed by atoms with Crippen LogP contribution in [0.15, 0.2) is 16.9 Å². The molecule has 0 amide bonds. The minimum Gasteiger partial charge on any atom is -0.515 e. The van der Waals surface area contributed by atoms with E-state index in [1.165, 1.54) is 38.5 Å². The Morgan fingerprint density at radius 2 is 1.78 bits per heavy atom. The van der Waals surface area contributed by atoms with E-state index in [4.69, 9.17) is 4.43 Å². The Labute approximate surface area is 252 Å². The zero-order valence-electron chi connectivity index (χ0n) is 28.0. The molecule has 0 bridgehead atoms. The van der Waals surface area contributed by atoms with Gasteiger partial charge in [0.25, 0.3) is 0 Å². The van der Waals surface area contributed by atoms with E-state index in [9.17, 15) is 15.4 Å². The maximum Gasteiger partial charge on any atom is 0.191 e. The predicted molar refractivity (Wildman–Crippen MR) is 172 cm³/mol. The summed E-state index contributed by atoms with van der Waals surface area (Å²) in [6.45, 7) is 24.5. The van der Waals surface area contributed by atoms with Crippen LogP contribution in [0.4, 0.5) is 0 Å². The number of aliphatic hydroxyl groups is 1. The molecule has 3 aliphatic carbocycles. The molecular formula is C34H61N3O3Si. The summed E-state index contributed by atoms with van der Waals surface area (Å²) in [6, 6.07) is 0. The van der Waals surface area contributed by atoms with E-state index in [-0.39, 0.29) is 33.5 Å². The van der Waals surface area contributed by atoms with Crippen LogP contribution in [0.25, 0.3) is 10.4 Å². The molecule has 8 atom stereocenters. The summed E-state index contributed by atoms with van der Waals surface area (Å²) in [5.41, 5.74) is 10.0. The number of fused-ring (bicyclic) bond motifs is 1. The number of hydrogen-bond donors (Lipinski definition) is 1. The molecule has 3 aliphatic rings. The van der Waals surface area contributed by atoms with Crippen molar-refractivity contribution in [2.24, 2.45) is 57.4 Å². The number of carbonyl (C=O) groups excluding carboxylic acids is 1. The van der Waals surface area contributed by atoms with E-state index in [0.29, 0.717) is 55.2 Å². The van der Waals surface area contributed by atoms with Crippen LogP contribution in [0.5, 0.6) is 0 Å². The summed E-state index contributed by atoms with van der Waals surface area (Å²) in [5, 5.41) is 14.4. The Balaban J connectivity index is 1.93. The molecule has 0 unspecified atom stereocenters. The highest BCUT2D eigenvalue weighted by atomic mass is 28.4. The summed E-state index contributed by atoms with van der Waals surface area (Å²) in [5.74, 6) is 3.43. The highest BCUT2D eigenvalue weighted by molar-refractivity contribution is 6.74. The van der Waals surface area contributed by atoms with Crippen LogP contribution in [-0.4, -0.2) is 32.4 Å². The van der Waals surface area contributed by atoms with Crippen LogP contribution in [0, 0.1) is 52.3 Å². The van der Waals surface area contributed by atoms with Crippen molar-refractivity contribution >= 4 is 14.1 Å². The number of aliphatic hydroxyl groups excluding tert-OH is 1. The molecule has 0 radical (unpaired) electrons. The van der Waals surface area contributed by atoms with Gasteiger partial charge < -0.3 is 9.53 Å². The molecule has 0 aromatic heterocycles. The van der Waals surface area contributed by atoms with Crippen LogP contribution >= 0.6 is 0 Å². The third-order valence-electron chi connectivity index (χ3n) is 12.7. The van der Waals surface area contributed by atoms with Gasteiger partial charge in [-0.25, -0.2) is 0 Å². The largest absolute Gasteiger partial charge is 0.515 e. The number of Topliss-reactive ketones (excluding diaryl/α,β-unsaturated/α-hetero) is 1. The highest BCUT2D eigenvalue weighted by Crippen LogP contribution is 2.65. The number of carbonyl (C=O) groups is 1. The van der Waals surface area contributed by atoms with Gasteiger partial charge >= 0.3 is 0 Å². The highest BCUT2D eigenvalue weighted by Gasteiger charge is 2.59. The van der Waals surface area contributed by atoms with Crippen LogP contribution in [0.3, 0.4) is 0 Å². The lowest BCUT2D eigenvalue weighted by Crippen LogP contribution is -2.53. The second kappa shape index (κ2) is 13.1. The average molecular weight is 588 g/mol. The first kappa shape index (κ1) is 34.2. The van der Waals surface area contributed by atoms with Crippen LogP contribution in [0.1, 0.15) is 113 Å². The first-order valence-electron chi connectivity index (χ1n) is 16.5. The van der Waals surface area contributed by atoms with Gasteiger partial charge in [0.1, 0.15) is 0 Å². The summed E-state index contributed by atoms with van der Waals surface area (Å²) in [4.78, 5) is 16.4. The van der Waals surface area contributed by atoms with Crippen molar-refractivity contribution in [3.8, 4) is 0 Å². The maximum absolute atomic E-state index is 13.1. The normalized spacial score (nSPS) is 36.3. The summed E-state index contributed by atoms with van der Waals surface area (Å²) < 4.78 is 6.79. The number of azide groups is 1. The fourth-order valence-corrected chi connectivity index (χ4v) is 10.1. The van der Waals surface area contributed by atoms with Crippen LogP contribution < -0.4 is 0 Å². The predicted octanol–water partition coefficient (Wildman–Crippen LogP) is 10.3. The molecule has 0 spiro atoms. The second-order valence-electron chi connectivity index (χ2n) is 16.6. The van der Waals surface area contributed by atoms with Gasteiger partial charge in [-0.3, -0.25) is 4.79 Å². The van der Waals surface area contributed by atoms with E-state index in [1.54, 1.807) is 0 Å². The SMILES string of the molecule is CC(C)CCC[C@@H](C)[C@H]1CC[C@H]2[C@H](CN=[N+]=[N-])[C@@H]([C@@]3(C)C/C(=C\O)C(=O)C[C@@H]3CO[Si](C)(C)C(C)(C)C)CC[C@]12C. The van der Waals surface area contributed by atoms with Gasteiger partial charge in [0, 0.05) is 30.1 Å². The third kappa shape index (κ3) is 7.10. The van der Waals surface area contributed by atoms with Crippen molar-refractivity contribution in [2.75, 3.05) is 13.2 Å². The molecule has 234 valence electrons. The molecule has 41 heavy (non-hydrogen) atoms. The molecule has 6 nitrogen and oxygen atoms in total. The molecule has 7 heteroatoms. The number of rotatable bonds is 11. The smallest absolute Gasteiger partial charge is 0.191 e. The van der Waals surface area contributed by atoms with E-state index in [2.05, 4.69) is 78.5 Å². The molecule has 0 aromatic rings. The first-order valence-corrected chi connectivity index (χ1v) is 19.4. The van der Waals surface area contributed by atoms with Gasteiger partial charge in [0.15, 0.2) is 14.1 Å². The van der Waals surface area contributed by atoms with Crippen LogP contribution in [-0.2, 0) is 9.22 Å². The van der Waals surface area contributed by atoms with Gasteiger partial charge in [-0.05, 0) is 108 Å². The number of nitrogens with zero attached hydrogens (tertiary/aromatic N) is 3. The number of allylic oxidation sites excluding steroid dienone is 1. The van der Waals surface area contributed by atoms with Gasteiger partial charge in [-0.1, -0.05) is 79.8 Å². The quantitative estimate of drug-likeness (QED) is 0.0650. The van der Waals surface area contributed by atoms with E-state index in [1.807, 2.05) is 0 Å². The molecule has 3 saturated carbocycles. The number of hydrogen-bond acceptors (Lipinski definition) is 4. The fraction of sp³-hybridized carbons (Fsp3) is 0.912.